The molecule has 0 aliphatic rings. The van der Waals surface area contributed by atoms with E-state index in [1.165, 1.54) is 6.20 Å². The van der Waals surface area contributed by atoms with E-state index in [0.717, 1.165) is 0 Å². The number of aryl methyl sites for hydroxylation is 1. The molecule has 0 N–H and O–H groups in total. The number of rotatable bonds is 0. The minimum atomic E-state index is -2.10. The molecule has 1 rings (SSSR count). The molecule has 0 saturated carbocycles. The van der Waals surface area contributed by atoms with E-state index in [0.29, 0.717) is 9.08 Å². The van der Waals surface area contributed by atoms with Crippen molar-refractivity contribution in [3.63, 3.8) is 0 Å². The van der Waals surface area contributed by atoms with Crippen LogP contribution in [0.15, 0.2) is 21.3 Å². The van der Waals surface area contributed by atoms with Crippen LogP contribution in [0, 0.1) is 6.85 Å². The number of pyridine rings is 1. The smallest absolute Gasteiger partial charge is 0.107 e. The summed E-state index contributed by atoms with van der Waals surface area (Å²) < 4.78 is 22.6. The van der Waals surface area contributed by atoms with E-state index in [9.17, 15) is 0 Å². The van der Waals surface area contributed by atoms with E-state index in [4.69, 9.17) is 4.11 Å². The molecule has 0 unspecified atom stereocenters. The molecule has 0 aromatic carbocycles. The fraction of sp³-hybridized carbons (Fsp3) is 0.167. The Morgan fingerprint density at radius 3 is 3.00 bits per heavy atom. The van der Waals surface area contributed by atoms with Gasteiger partial charge >= 0.3 is 0 Å². The normalized spacial score (nSPS) is 16.0. The van der Waals surface area contributed by atoms with Crippen molar-refractivity contribution in [1.82, 2.24) is 4.98 Å². The second-order valence-electron chi connectivity index (χ2n) is 1.49. The van der Waals surface area contributed by atoms with Gasteiger partial charge in [0.25, 0.3) is 0 Å². The molecule has 9 heavy (non-hydrogen) atoms. The average Bonchev–Trinajstić information content (AvgIpc) is 1.83. The van der Waals surface area contributed by atoms with Crippen molar-refractivity contribution in [1.29, 1.82) is 0 Å². The van der Waals surface area contributed by atoms with Crippen LogP contribution in [-0.4, -0.2) is 4.98 Å². The monoisotopic (exact) mass is 252 g/mol. The minimum Gasteiger partial charge on any atom is -0.249 e. The van der Waals surface area contributed by atoms with E-state index < -0.39 is 6.85 Å². The summed E-state index contributed by atoms with van der Waals surface area (Å²) in [5.74, 6) is 0. The topological polar surface area (TPSA) is 12.9 Å². The molecule has 0 aliphatic heterocycles. The van der Waals surface area contributed by atoms with Crippen LogP contribution in [0.1, 0.15) is 9.68 Å². The summed E-state index contributed by atoms with van der Waals surface area (Å²) in [5, 5.41) is 0. The van der Waals surface area contributed by atoms with Crippen LogP contribution in [-0.2, 0) is 0 Å². The van der Waals surface area contributed by atoms with Crippen molar-refractivity contribution < 1.29 is 4.11 Å². The highest BCUT2D eigenvalue weighted by atomic mass is 79.9. The number of halogens is 2. The molecule has 0 saturated heterocycles. The first-order valence-corrected chi connectivity index (χ1v) is 3.81. The maximum Gasteiger partial charge on any atom is 0.107 e. The van der Waals surface area contributed by atoms with Crippen LogP contribution in [0.25, 0.3) is 0 Å². The molecule has 48 valence electrons. The zero-order valence-electron chi connectivity index (χ0n) is 7.36. The Hall–Kier alpha value is 0.110. The third-order valence-electron chi connectivity index (χ3n) is 0.820. The highest BCUT2D eigenvalue weighted by Gasteiger charge is 1.93. The standard InChI is InChI=1S/C6H5Br2N/c1-4-3-9-6(8)2-5(4)7/h2-3H,1H3/i1D3. The van der Waals surface area contributed by atoms with Gasteiger partial charge in [0.2, 0.25) is 0 Å². The lowest BCUT2D eigenvalue weighted by atomic mass is 10.3. The van der Waals surface area contributed by atoms with Crippen molar-refractivity contribution >= 4 is 31.9 Å². The highest BCUT2D eigenvalue weighted by Crippen LogP contribution is 2.17. The van der Waals surface area contributed by atoms with Crippen LogP contribution in [0.2, 0.25) is 0 Å². The van der Waals surface area contributed by atoms with E-state index in [-0.39, 0.29) is 5.56 Å². The van der Waals surface area contributed by atoms with Crippen molar-refractivity contribution in [3.05, 3.63) is 26.9 Å². The number of hydrogen-bond donors (Lipinski definition) is 0. The first kappa shape index (κ1) is 4.09. The third kappa shape index (κ3) is 1.76. The summed E-state index contributed by atoms with van der Waals surface area (Å²) in [7, 11) is 0. The largest absolute Gasteiger partial charge is 0.249 e. The van der Waals surface area contributed by atoms with Gasteiger partial charge in [-0.1, -0.05) is 15.9 Å². The van der Waals surface area contributed by atoms with Gasteiger partial charge in [-0.3, -0.25) is 0 Å². The summed E-state index contributed by atoms with van der Waals surface area (Å²) in [5.41, 5.74) is 0.228. The molecule has 0 aliphatic carbocycles. The Morgan fingerprint density at radius 2 is 2.44 bits per heavy atom. The van der Waals surface area contributed by atoms with Crippen molar-refractivity contribution in [3.8, 4) is 0 Å². The first-order chi connectivity index (χ1) is 5.41. The molecule has 0 spiro atoms. The van der Waals surface area contributed by atoms with Gasteiger partial charge in [0.1, 0.15) is 4.60 Å². The molecule has 0 bridgehead atoms. The molecule has 0 fully saturated rings. The molecule has 1 heterocycles. The molecular formula is C6H5Br2N. The summed E-state index contributed by atoms with van der Waals surface area (Å²) in [6.07, 6.45) is 1.33. The summed E-state index contributed by atoms with van der Waals surface area (Å²) in [4.78, 5) is 3.83. The van der Waals surface area contributed by atoms with Crippen molar-refractivity contribution in [2.24, 2.45) is 0 Å². The zero-order chi connectivity index (χ0) is 9.35. The molecule has 0 atom stereocenters. The van der Waals surface area contributed by atoms with E-state index >= 15 is 0 Å². The van der Waals surface area contributed by atoms with Gasteiger partial charge in [-0.15, -0.1) is 0 Å². The molecule has 0 radical (unpaired) electrons. The Morgan fingerprint density at radius 1 is 1.67 bits per heavy atom. The van der Waals surface area contributed by atoms with Gasteiger partial charge in [-0.25, -0.2) is 4.98 Å². The molecule has 1 aromatic rings. The van der Waals surface area contributed by atoms with Crippen molar-refractivity contribution in [2.45, 2.75) is 6.85 Å². The van der Waals surface area contributed by atoms with Crippen LogP contribution < -0.4 is 0 Å². The Labute approximate surface area is 75.0 Å². The van der Waals surface area contributed by atoms with Gasteiger partial charge in [-0.2, -0.15) is 0 Å². The fourth-order valence-corrected chi connectivity index (χ4v) is 1.37. The van der Waals surface area contributed by atoms with Gasteiger partial charge < -0.3 is 0 Å². The third-order valence-corrected chi connectivity index (χ3v) is 1.91. The number of nitrogens with zero attached hydrogens (tertiary/aromatic N) is 1. The molecular weight excluding hydrogens is 246 g/mol. The molecule has 1 aromatic heterocycles. The minimum absolute atomic E-state index is 0.228. The average molecular weight is 254 g/mol. The Bertz CT molecular complexity index is 297. The van der Waals surface area contributed by atoms with Crippen LogP contribution >= 0.6 is 31.9 Å². The van der Waals surface area contributed by atoms with Crippen LogP contribution in [0.3, 0.4) is 0 Å². The van der Waals surface area contributed by atoms with Crippen LogP contribution in [0.5, 0.6) is 0 Å². The molecule has 3 heteroatoms. The SMILES string of the molecule is [2H]C([2H])([2H])c1cnc(Br)cc1Br. The lowest BCUT2D eigenvalue weighted by Crippen LogP contribution is -1.78. The van der Waals surface area contributed by atoms with E-state index in [1.54, 1.807) is 6.07 Å². The van der Waals surface area contributed by atoms with Crippen LogP contribution in [0.4, 0.5) is 0 Å². The van der Waals surface area contributed by atoms with E-state index in [1.807, 2.05) is 0 Å². The number of aromatic nitrogens is 1. The van der Waals surface area contributed by atoms with Gasteiger partial charge in [0, 0.05) is 14.8 Å². The predicted molar refractivity (Wildman–Crippen MR) is 44.4 cm³/mol. The van der Waals surface area contributed by atoms with E-state index in [2.05, 4.69) is 36.8 Å². The lowest BCUT2D eigenvalue weighted by Gasteiger charge is -1.94. The maximum absolute atomic E-state index is 7.13. The second-order valence-corrected chi connectivity index (χ2v) is 3.15. The quantitative estimate of drug-likeness (QED) is 0.648. The van der Waals surface area contributed by atoms with Gasteiger partial charge in [0.05, 0.1) is 0 Å². The van der Waals surface area contributed by atoms with Crippen molar-refractivity contribution in [2.75, 3.05) is 0 Å². The highest BCUT2D eigenvalue weighted by molar-refractivity contribution is 9.11. The fourth-order valence-electron chi connectivity index (χ4n) is 0.407. The summed E-state index contributed by atoms with van der Waals surface area (Å²) in [6, 6.07) is 1.61. The Kier molecular flexibility index (Phi) is 1.27. The number of hydrogen-bond acceptors (Lipinski definition) is 1. The first-order valence-electron chi connectivity index (χ1n) is 3.73. The predicted octanol–water partition coefficient (Wildman–Crippen LogP) is 2.92. The van der Waals surface area contributed by atoms with Gasteiger partial charge in [-0.05, 0) is 34.4 Å². The summed E-state index contributed by atoms with van der Waals surface area (Å²) in [6.45, 7) is -2.10. The maximum atomic E-state index is 7.13. The Balaban J connectivity index is 3.19. The second kappa shape index (κ2) is 2.80. The lowest BCUT2D eigenvalue weighted by molar-refractivity contribution is 1.21. The van der Waals surface area contributed by atoms with Gasteiger partial charge in [0.15, 0.2) is 0 Å². The zero-order valence-corrected chi connectivity index (χ0v) is 7.53. The summed E-state index contributed by atoms with van der Waals surface area (Å²) >= 11 is 6.29. The molecule has 0 amide bonds. The molecule has 1 nitrogen and oxygen atoms in total.